The van der Waals surface area contributed by atoms with Crippen molar-refractivity contribution in [2.75, 3.05) is 33.8 Å². The summed E-state index contributed by atoms with van der Waals surface area (Å²) in [5.41, 5.74) is 2.02. The number of phenols is 1. The van der Waals surface area contributed by atoms with E-state index in [-0.39, 0.29) is 23.0 Å². The number of rotatable bonds is 11. The van der Waals surface area contributed by atoms with Crippen molar-refractivity contribution in [3.8, 4) is 5.75 Å². The molecule has 3 unspecified atom stereocenters. The van der Waals surface area contributed by atoms with Crippen molar-refractivity contribution in [3.63, 3.8) is 0 Å². The summed E-state index contributed by atoms with van der Waals surface area (Å²) in [6, 6.07) is 18.6. The van der Waals surface area contributed by atoms with Crippen LogP contribution in [0.4, 0.5) is 0 Å². The number of fused-ring (bicyclic) bond motifs is 1. The number of methoxy groups -OCH3 is 1. The molecule has 5 nitrogen and oxygen atoms in total. The van der Waals surface area contributed by atoms with Gasteiger partial charge >= 0.3 is 0 Å². The van der Waals surface area contributed by atoms with Gasteiger partial charge in [0.1, 0.15) is 5.75 Å². The summed E-state index contributed by atoms with van der Waals surface area (Å²) in [5.74, 6) is 1.42. The highest BCUT2D eigenvalue weighted by Crippen LogP contribution is 2.54. The van der Waals surface area contributed by atoms with E-state index >= 15 is 0 Å². The predicted octanol–water partition coefficient (Wildman–Crippen LogP) is 5.94. The number of piperidine rings is 1. The molecule has 2 aromatic carbocycles. The van der Waals surface area contributed by atoms with E-state index in [9.17, 15) is 9.90 Å². The van der Waals surface area contributed by atoms with Crippen LogP contribution in [-0.2, 0) is 21.4 Å². The molecule has 2 saturated carbocycles. The molecule has 0 spiro atoms. The van der Waals surface area contributed by atoms with Crippen LogP contribution in [0, 0.1) is 5.92 Å². The minimum atomic E-state index is -0.300. The van der Waals surface area contributed by atoms with Crippen LogP contribution in [0.2, 0.25) is 0 Å². The number of aryl methyl sites for hydroxylation is 1. The molecule has 3 atom stereocenters. The van der Waals surface area contributed by atoms with E-state index in [4.69, 9.17) is 4.74 Å². The number of aromatic hydroxyl groups is 1. The Labute approximate surface area is 229 Å². The van der Waals surface area contributed by atoms with E-state index in [1.807, 2.05) is 31.2 Å². The van der Waals surface area contributed by atoms with Crippen LogP contribution in [0.1, 0.15) is 75.3 Å². The number of unbranched alkanes of at least 4 members (excludes halogenated alkanes) is 2. The van der Waals surface area contributed by atoms with E-state index in [2.05, 4.69) is 41.3 Å². The zero-order valence-electron chi connectivity index (χ0n) is 23.4. The van der Waals surface area contributed by atoms with Gasteiger partial charge in [-0.2, -0.15) is 0 Å². The molecule has 5 rings (SSSR count). The van der Waals surface area contributed by atoms with Gasteiger partial charge in [0, 0.05) is 45.1 Å². The minimum absolute atomic E-state index is 0.187. The fourth-order valence-electron chi connectivity index (χ4n) is 7.33. The second kappa shape index (κ2) is 11.8. The Balaban J connectivity index is 1.25. The monoisotopic (exact) mass is 518 g/mol. The summed E-state index contributed by atoms with van der Waals surface area (Å²) >= 11 is 0. The number of hydrogen-bond acceptors (Lipinski definition) is 4. The first-order chi connectivity index (χ1) is 18.4. The Bertz CT molecular complexity index is 1070. The van der Waals surface area contributed by atoms with Gasteiger partial charge in [-0.3, -0.25) is 4.79 Å². The fraction of sp³-hybridized carbons (Fsp3) is 0.606. The van der Waals surface area contributed by atoms with Crippen LogP contribution in [0.5, 0.6) is 5.75 Å². The molecule has 38 heavy (non-hydrogen) atoms. The largest absolute Gasteiger partial charge is 0.508 e. The zero-order valence-corrected chi connectivity index (χ0v) is 23.4. The molecular formula is C33H46N2O3. The van der Waals surface area contributed by atoms with E-state index in [0.717, 1.165) is 75.9 Å². The van der Waals surface area contributed by atoms with Gasteiger partial charge in [-0.15, -0.1) is 0 Å². The van der Waals surface area contributed by atoms with Gasteiger partial charge in [0.2, 0.25) is 5.91 Å². The Morgan fingerprint density at radius 2 is 1.87 bits per heavy atom. The first-order valence-corrected chi connectivity index (χ1v) is 14.8. The van der Waals surface area contributed by atoms with E-state index in [1.165, 1.54) is 24.9 Å². The molecule has 206 valence electrons. The lowest BCUT2D eigenvalue weighted by Gasteiger charge is -2.60. The lowest BCUT2D eigenvalue weighted by atomic mass is 9.55. The van der Waals surface area contributed by atoms with E-state index < -0.39 is 0 Å². The zero-order chi connectivity index (χ0) is 26.6. The molecule has 1 heterocycles. The summed E-state index contributed by atoms with van der Waals surface area (Å²) in [5, 5.41) is 10.4. The number of benzene rings is 2. The molecule has 2 aromatic rings. The lowest BCUT2D eigenvalue weighted by Crippen LogP contribution is -2.68. The molecule has 3 aliphatic rings. The summed E-state index contributed by atoms with van der Waals surface area (Å²) in [7, 11) is 3.89. The van der Waals surface area contributed by atoms with Crippen molar-refractivity contribution in [1.82, 2.24) is 9.80 Å². The first-order valence-electron chi connectivity index (χ1n) is 14.8. The Hall–Kier alpha value is -2.37. The van der Waals surface area contributed by atoms with Crippen molar-refractivity contribution < 1.29 is 14.6 Å². The first kappa shape index (κ1) is 27.2. The third kappa shape index (κ3) is 5.79. The van der Waals surface area contributed by atoms with Gasteiger partial charge in [-0.25, -0.2) is 0 Å². The highest BCUT2D eigenvalue weighted by Gasteiger charge is 2.59. The number of amides is 1. The highest BCUT2D eigenvalue weighted by molar-refractivity contribution is 5.76. The van der Waals surface area contributed by atoms with Crippen molar-refractivity contribution in [3.05, 3.63) is 65.7 Å². The quantitative estimate of drug-likeness (QED) is 0.374. The predicted molar refractivity (Wildman–Crippen MR) is 152 cm³/mol. The molecule has 5 heteroatoms. The fourth-order valence-corrected chi connectivity index (χ4v) is 7.33. The normalized spacial score (nSPS) is 27.6. The van der Waals surface area contributed by atoms with Crippen LogP contribution in [-0.4, -0.2) is 66.2 Å². The standard InChI is InChI=1S/C33H46N2O3/c1-34(31(37)15-8-4-7-12-26-10-5-3-6-11-26)29-18-19-33(38-2)25-35(24-27-16-17-27)21-20-32(33,23-29)28-13-9-14-30(36)22-28/h3,5-6,9-11,13-14,22,27,29,36H,4,7-8,12,15-21,23-25H2,1-2H3. The smallest absolute Gasteiger partial charge is 0.222 e. The average molecular weight is 519 g/mol. The number of nitrogens with zero attached hydrogens (tertiary/aromatic N) is 2. The van der Waals surface area contributed by atoms with Gasteiger partial charge in [-0.1, -0.05) is 48.9 Å². The molecule has 2 aliphatic carbocycles. The second-order valence-electron chi connectivity index (χ2n) is 12.2. The summed E-state index contributed by atoms with van der Waals surface area (Å²) < 4.78 is 6.50. The van der Waals surface area contributed by atoms with Crippen LogP contribution in [0.3, 0.4) is 0 Å². The molecule has 1 N–H and O–H groups in total. The number of hydrogen-bond donors (Lipinski definition) is 1. The summed E-state index contributed by atoms with van der Waals surface area (Å²) in [6.07, 6.45) is 11.3. The van der Waals surface area contributed by atoms with Crippen molar-refractivity contribution in [2.24, 2.45) is 5.92 Å². The Morgan fingerprint density at radius 3 is 2.61 bits per heavy atom. The van der Waals surface area contributed by atoms with Crippen molar-refractivity contribution in [1.29, 1.82) is 0 Å². The number of ether oxygens (including phenoxy) is 1. The number of phenolic OH excluding ortho intramolecular Hbond substituents is 1. The number of carbonyl (C=O) groups excluding carboxylic acids is 1. The third-order valence-corrected chi connectivity index (χ3v) is 9.81. The third-order valence-electron chi connectivity index (χ3n) is 9.81. The van der Waals surface area contributed by atoms with Gasteiger partial charge in [0.15, 0.2) is 0 Å². The molecular weight excluding hydrogens is 472 g/mol. The maximum atomic E-state index is 13.3. The van der Waals surface area contributed by atoms with Gasteiger partial charge in [-0.05, 0) is 93.5 Å². The van der Waals surface area contributed by atoms with E-state index in [0.29, 0.717) is 12.2 Å². The molecule has 1 saturated heterocycles. The number of likely N-dealkylation sites (tertiary alicyclic amines) is 1. The molecule has 1 aliphatic heterocycles. The van der Waals surface area contributed by atoms with Crippen LogP contribution < -0.4 is 0 Å². The maximum Gasteiger partial charge on any atom is 0.222 e. The molecule has 0 bridgehead atoms. The van der Waals surface area contributed by atoms with Crippen molar-refractivity contribution in [2.45, 2.75) is 87.7 Å². The highest BCUT2D eigenvalue weighted by atomic mass is 16.5. The summed E-state index contributed by atoms with van der Waals surface area (Å²) in [6.45, 7) is 3.15. The topological polar surface area (TPSA) is 53.0 Å². The second-order valence-corrected chi connectivity index (χ2v) is 12.2. The molecule has 3 fully saturated rings. The lowest BCUT2D eigenvalue weighted by molar-refractivity contribution is -0.160. The van der Waals surface area contributed by atoms with Gasteiger partial charge in [0.05, 0.1) is 5.60 Å². The molecule has 1 amide bonds. The van der Waals surface area contributed by atoms with Gasteiger partial charge < -0.3 is 19.6 Å². The molecule has 0 radical (unpaired) electrons. The Morgan fingerprint density at radius 1 is 1.05 bits per heavy atom. The summed E-state index contributed by atoms with van der Waals surface area (Å²) in [4.78, 5) is 18.0. The Kier molecular flexibility index (Phi) is 8.44. The molecule has 0 aromatic heterocycles. The maximum absolute atomic E-state index is 13.3. The van der Waals surface area contributed by atoms with E-state index in [1.54, 1.807) is 6.07 Å². The van der Waals surface area contributed by atoms with Crippen LogP contribution in [0.25, 0.3) is 0 Å². The van der Waals surface area contributed by atoms with Crippen LogP contribution in [0.15, 0.2) is 54.6 Å². The average Bonchev–Trinajstić information content (AvgIpc) is 3.76. The number of carbonyl (C=O) groups is 1. The van der Waals surface area contributed by atoms with Crippen molar-refractivity contribution >= 4 is 5.91 Å². The van der Waals surface area contributed by atoms with Crippen LogP contribution >= 0.6 is 0 Å². The minimum Gasteiger partial charge on any atom is -0.508 e. The SMILES string of the molecule is COC12CCC(N(C)C(=O)CCCCCc3ccccc3)CC1(c1cccc(O)c1)CCN(CC1CC1)C2. The van der Waals surface area contributed by atoms with Gasteiger partial charge in [0.25, 0.3) is 0 Å².